The van der Waals surface area contributed by atoms with E-state index >= 15 is 0 Å². The van der Waals surface area contributed by atoms with E-state index in [1.165, 1.54) is 0 Å². The number of piperazine rings is 1. The van der Waals surface area contributed by atoms with E-state index in [4.69, 9.17) is 21.3 Å². The Morgan fingerprint density at radius 3 is 2.47 bits per heavy atom. The standard InChI is InChI=1S/C23H25ClN4O2/c1-23(2,3)30-22(29)28-12-10-27(11-13-28)21-9-8-16(15-25-21)20-14-18(24)17-6-4-5-7-19(17)26-20/h4-9,14-15H,10-13H2,1-3H3. The molecule has 4 rings (SSSR count). The van der Waals surface area contributed by atoms with Crippen LogP contribution in [0.5, 0.6) is 0 Å². The lowest BCUT2D eigenvalue weighted by molar-refractivity contribution is 0.0240. The first kappa shape index (κ1) is 20.4. The highest BCUT2D eigenvalue weighted by Gasteiger charge is 2.26. The minimum atomic E-state index is -0.481. The maximum absolute atomic E-state index is 12.2. The number of para-hydroxylation sites is 1. The number of hydrogen-bond donors (Lipinski definition) is 0. The summed E-state index contributed by atoms with van der Waals surface area (Å²) in [5.74, 6) is 0.884. The van der Waals surface area contributed by atoms with Gasteiger partial charge in [0.15, 0.2) is 0 Å². The van der Waals surface area contributed by atoms with Gasteiger partial charge in [0.2, 0.25) is 0 Å². The lowest BCUT2D eigenvalue weighted by Gasteiger charge is -2.36. The molecule has 3 heterocycles. The average Bonchev–Trinajstić information content (AvgIpc) is 2.73. The molecule has 156 valence electrons. The summed E-state index contributed by atoms with van der Waals surface area (Å²) in [6.07, 6.45) is 1.56. The number of anilines is 1. The second-order valence-corrected chi connectivity index (χ2v) is 8.77. The van der Waals surface area contributed by atoms with Crippen molar-refractivity contribution in [3.8, 4) is 11.3 Å². The van der Waals surface area contributed by atoms with Gasteiger partial charge in [0.05, 0.1) is 16.2 Å². The predicted molar refractivity (Wildman–Crippen MR) is 120 cm³/mol. The smallest absolute Gasteiger partial charge is 0.410 e. The van der Waals surface area contributed by atoms with Crippen molar-refractivity contribution < 1.29 is 9.53 Å². The first-order chi connectivity index (χ1) is 14.3. The van der Waals surface area contributed by atoms with E-state index in [0.717, 1.165) is 28.0 Å². The van der Waals surface area contributed by atoms with Crippen molar-refractivity contribution in [2.45, 2.75) is 26.4 Å². The van der Waals surface area contributed by atoms with Crippen molar-refractivity contribution in [1.29, 1.82) is 0 Å². The molecule has 0 saturated carbocycles. The van der Waals surface area contributed by atoms with E-state index < -0.39 is 5.60 Å². The molecule has 7 heteroatoms. The van der Waals surface area contributed by atoms with Gasteiger partial charge in [0.1, 0.15) is 11.4 Å². The highest BCUT2D eigenvalue weighted by Crippen LogP contribution is 2.28. The van der Waals surface area contributed by atoms with Gasteiger partial charge in [0, 0.05) is 43.3 Å². The molecule has 0 spiro atoms. The maximum Gasteiger partial charge on any atom is 0.410 e. The molecule has 2 aromatic heterocycles. The van der Waals surface area contributed by atoms with Crippen molar-refractivity contribution in [3.63, 3.8) is 0 Å². The van der Waals surface area contributed by atoms with Gasteiger partial charge in [-0.3, -0.25) is 0 Å². The summed E-state index contributed by atoms with van der Waals surface area (Å²) in [5.41, 5.74) is 2.10. The van der Waals surface area contributed by atoms with E-state index in [1.807, 2.05) is 69.4 Å². The molecule has 1 saturated heterocycles. The zero-order valence-electron chi connectivity index (χ0n) is 17.4. The number of pyridine rings is 2. The Balaban J connectivity index is 1.44. The monoisotopic (exact) mass is 424 g/mol. The Bertz CT molecular complexity index is 1050. The van der Waals surface area contributed by atoms with Gasteiger partial charge in [0.25, 0.3) is 0 Å². The van der Waals surface area contributed by atoms with Gasteiger partial charge in [-0.25, -0.2) is 14.8 Å². The van der Waals surface area contributed by atoms with Crippen LogP contribution in [-0.2, 0) is 4.74 Å². The molecule has 30 heavy (non-hydrogen) atoms. The van der Waals surface area contributed by atoms with Crippen LogP contribution in [0.3, 0.4) is 0 Å². The van der Waals surface area contributed by atoms with Crippen LogP contribution in [0.4, 0.5) is 10.6 Å². The van der Waals surface area contributed by atoms with Gasteiger partial charge in [-0.1, -0.05) is 29.8 Å². The Morgan fingerprint density at radius 2 is 1.80 bits per heavy atom. The van der Waals surface area contributed by atoms with Crippen molar-refractivity contribution in [3.05, 3.63) is 53.7 Å². The predicted octanol–water partition coefficient (Wildman–Crippen LogP) is 5.01. The summed E-state index contributed by atoms with van der Waals surface area (Å²) >= 11 is 6.43. The first-order valence-corrected chi connectivity index (χ1v) is 10.4. The third-order valence-corrected chi connectivity index (χ3v) is 5.28. The number of carbonyl (C=O) groups excluding carboxylic acids is 1. The fourth-order valence-corrected chi connectivity index (χ4v) is 3.71. The second-order valence-electron chi connectivity index (χ2n) is 8.37. The third-order valence-electron chi connectivity index (χ3n) is 4.96. The zero-order chi connectivity index (χ0) is 21.3. The Hall–Kier alpha value is -2.86. The topological polar surface area (TPSA) is 58.6 Å². The van der Waals surface area contributed by atoms with Gasteiger partial charge in [-0.05, 0) is 45.0 Å². The summed E-state index contributed by atoms with van der Waals surface area (Å²) in [6, 6.07) is 13.7. The Labute approximate surface area is 181 Å². The lowest BCUT2D eigenvalue weighted by atomic mass is 10.1. The maximum atomic E-state index is 12.2. The molecule has 1 aliphatic rings. The molecule has 1 fully saturated rings. The number of rotatable bonds is 2. The van der Waals surface area contributed by atoms with E-state index in [0.29, 0.717) is 31.2 Å². The second kappa shape index (κ2) is 8.11. The van der Waals surface area contributed by atoms with Gasteiger partial charge >= 0.3 is 6.09 Å². The van der Waals surface area contributed by atoms with Crippen molar-refractivity contribution in [2.75, 3.05) is 31.1 Å². The molecule has 0 radical (unpaired) electrons. The molecule has 6 nitrogen and oxygen atoms in total. The molecule has 0 bridgehead atoms. The molecule has 1 aromatic carbocycles. The molecule has 0 atom stereocenters. The molecule has 3 aromatic rings. The summed E-state index contributed by atoms with van der Waals surface area (Å²) < 4.78 is 5.46. The SMILES string of the molecule is CC(C)(C)OC(=O)N1CCN(c2ccc(-c3cc(Cl)c4ccccc4n3)cn2)CC1. The first-order valence-electron chi connectivity index (χ1n) is 10.0. The van der Waals surface area contributed by atoms with Crippen molar-refractivity contribution in [2.24, 2.45) is 0 Å². The number of halogens is 1. The van der Waals surface area contributed by atoms with E-state index in [2.05, 4.69) is 9.88 Å². The molecule has 0 N–H and O–H groups in total. The van der Waals surface area contributed by atoms with Gasteiger partial charge < -0.3 is 14.5 Å². The number of aromatic nitrogens is 2. The molecule has 0 unspecified atom stereocenters. The summed E-state index contributed by atoms with van der Waals surface area (Å²) in [6.45, 7) is 8.29. The zero-order valence-corrected chi connectivity index (χ0v) is 18.2. The summed E-state index contributed by atoms with van der Waals surface area (Å²) in [5, 5.41) is 1.62. The van der Waals surface area contributed by atoms with Crippen molar-refractivity contribution in [1.82, 2.24) is 14.9 Å². The molecule has 1 amide bonds. The van der Waals surface area contributed by atoms with Crippen LogP contribution in [0.25, 0.3) is 22.2 Å². The number of benzene rings is 1. The van der Waals surface area contributed by atoms with Gasteiger partial charge in [-0.2, -0.15) is 0 Å². The number of fused-ring (bicyclic) bond motifs is 1. The third kappa shape index (κ3) is 4.49. The van der Waals surface area contributed by atoms with Crippen LogP contribution >= 0.6 is 11.6 Å². The fraction of sp³-hybridized carbons (Fsp3) is 0.348. The van der Waals surface area contributed by atoms with Crippen LogP contribution in [0.1, 0.15) is 20.8 Å². The molecule has 0 aliphatic carbocycles. The average molecular weight is 425 g/mol. The highest BCUT2D eigenvalue weighted by molar-refractivity contribution is 6.35. The number of nitrogens with zero attached hydrogens (tertiary/aromatic N) is 4. The lowest BCUT2D eigenvalue weighted by Crippen LogP contribution is -2.50. The largest absolute Gasteiger partial charge is 0.444 e. The molecular formula is C23H25ClN4O2. The minimum Gasteiger partial charge on any atom is -0.444 e. The summed E-state index contributed by atoms with van der Waals surface area (Å²) in [4.78, 5) is 25.5. The highest BCUT2D eigenvalue weighted by atomic mass is 35.5. The minimum absolute atomic E-state index is 0.260. The number of ether oxygens (including phenoxy) is 1. The Kier molecular flexibility index (Phi) is 5.52. The fourth-order valence-electron chi connectivity index (χ4n) is 3.45. The molecule has 1 aliphatic heterocycles. The Morgan fingerprint density at radius 1 is 1.07 bits per heavy atom. The van der Waals surface area contributed by atoms with Crippen LogP contribution in [-0.4, -0.2) is 52.7 Å². The number of hydrogen-bond acceptors (Lipinski definition) is 5. The number of amides is 1. The normalized spacial score (nSPS) is 14.8. The van der Waals surface area contributed by atoms with Crippen molar-refractivity contribution >= 4 is 34.4 Å². The van der Waals surface area contributed by atoms with E-state index in [-0.39, 0.29) is 6.09 Å². The van der Waals surface area contributed by atoms with E-state index in [1.54, 1.807) is 4.90 Å². The van der Waals surface area contributed by atoms with Crippen LogP contribution in [0.2, 0.25) is 5.02 Å². The number of carbonyl (C=O) groups is 1. The van der Waals surface area contributed by atoms with E-state index in [9.17, 15) is 4.79 Å². The quantitative estimate of drug-likeness (QED) is 0.578. The van der Waals surface area contributed by atoms with Gasteiger partial charge in [-0.15, -0.1) is 0 Å². The summed E-state index contributed by atoms with van der Waals surface area (Å²) in [7, 11) is 0. The van der Waals surface area contributed by atoms with Crippen LogP contribution in [0.15, 0.2) is 48.7 Å². The van der Waals surface area contributed by atoms with Crippen LogP contribution < -0.4 is 4.90 Å². The van der Waals surface area contributed by atoms with Crippen LogP contribution in [0, 0.1) is 0 Å². The molecular weight excluding hydrogens is 400 g/mol.